The lowest BCUT2D eigenvalue weighted by Crippen LogP contribution is -2.38. The first kappa shape index (κ1) is 15.3. The van der Waals surface area contributed by atoms with E-state index in [9.17, 15) is 5.11 Å². The standard InChI is InChI=1S/C17H27NO2/c1-2-12-20-15-8-6-14(7-9-15)16(19)17(13-18)10-4-3-5-11-17/h6-9,16,19H,2-5,10-13,18H2,1H3. The summed E-state index contributed by atoms with van der Waals surface area (Å²) >= 11 is 0. The van der Waals surface area contributed by atoms with E-state index in [1.54, 1.807) is 0 Å². The number of ether oxygens (including phenoxy) is 1. The van der Waals surface area contributed by atoms with Crippen molar-refractivity contribution in [3.8, 4) is 5.75 Å². The minimum atomic E-state index is -0.465. The molecule has 0 spiro atoms. The first-order chi connectivity index (χ1) is 9.72. The van der Waals surface area contributed by atoms with Gasteiger partial charge in [-0.2, -0.15) is 0 Å². The Kier molecular flexibility index (Phi) is 5.44. The van der Waals surface area contributed by atoms with Crippen molar-refractivity contribution in [1.29, 1.82) is 0 Å². The molecule has 0 radical (unpaired) electrons. The highest BCUT2D eigenvalue weighted by Gasteiger charge is 2.38. The van der Waals surface area contributed by atoms with Crippen LogP contribution in [0.1, 0.15) is 57.1 Å². The van der Waals surface area contributed by atoms with E-state index in [0.717, 1.165) is 37.2 Å². The fourth-order valence-corrected chi connectivity index (χ4v) is 3.16. The molecule has 0 aliphatic heterocycles. The van der Waals surface area contributed by atoms with Crippen LogP contribution in [0.2, 0.25) is 0 Å². The largest absolute Gasteiger partial charge is 0.494 e. The molecule has 0 aromatic heterocycles. The molecule has 1 fully saturated rings. The van der Waals surface area contributed by atoms with Gasteiger partial charge in [0.05, 0.1) is 12.7 Å². The van der Waals surface area contributed by atoms with E-state index < -0.39 is 6.10 Å². The SMILES string of the molecule is CCCOc1ccc(C(O)C2(CN)CCCCC2)cc1. The number of aliphatic hydroxyl groups excluding tert-OH is 1. The van der Waals surface area contributed by atoms with Crippen molar-refractivity contribution in [2.75, 3.05) is 13.2 Å². The molecule has 1 atom stereocenters. The molecular weight excluding hydrogens is 250 g/mol. The number of hydrogen-bond acceptors (Lipinski definition) is 3. The zero-order valence-electron chi connectivity index (χ0n) is 12.5. The number of rotatable bonds is 6. The van der Waals surface area contributed by atoms with E-state index in [-0.39, 0.29) is 5.41 Å². The number of hydrogen-bond donors (Lipinski definition) is 2. The van der Waals surface area contributed by atoms with Gasteiger partial charge in [0.25, 0.3) is 0 Å². The third-order valence-corrected chi connectivity index (χ3v) is 4.50. The summed E-state index contributed by atoms with van der Waals surface area (Å²) in [5.74, 6) is 0.869. The maximum atomic E-state index is 10.7. The Bertz CT molecular complexity index is 396. The third kappa shape index (κ3) is 3.33. The first-order valence-electron chi connectivity index (χ1n) is 7.83. The van der Waals surface area contributed by atoms with Gasteiger partial charge in [-0.1, -0.05) is 38.3 Å². The van der Waals surface area contributed by atoms with Crippen LogP contribution in [0.4, 0.5) is 0 Å². The Balaban J connectivity index is 2.09. The Hall–Kier alpha value is -1.06. The molecule has 1 aliphatic carbocycles. The van der Waals surface area contributed by atoms with Crippen molar-refractivity contribution in [3.05, 3.63) is 29.8 Å². The molecule has 0 heterocycles. The number of benzene rings is 1. The highest BCUT2D eigenvalue weighted by atomic mass is 16.5. The molecule has 20 heavy (non-hydrogen) atoms. The van der Waals surface area contributed by atoms with Crippen molar-refractivity contribution < 1.29 is 9.84 Å². The quantitative estimate of drug-likeness (QED) is 0.837. The number of aliphatic hydroxyl groups is 1. The molecule has 0 amide bonds. The fourth-order valence-electron chi connectivity index (χ4n) is 3.16. The predicted octanol–water partition coefficient (Wildman–Crippen LogP) is 3.42. The molecule has 1 unspecified atom stereocenters. The highest BCUT2D eigenvalue weighted by molar-refractivity contribution is 5.29. The van der Waals surface area contributed by atoms with Crippen LogP contribution in [0, 0.1) is 5.41 Å². The normalized spacial score (nSPS) is 19.6. The summed E-state index contributed by atoms with van der Waals surface area (Å²) in [7, 11) is 0. The van der Waals surface area contributed by atoms with Crippen LogP contribution < -0.4 is 10.5 Å². The zero-order valence-corrected chi connectivity index (χ0v) is 12.5. The average Bonchev–Trinajstić information content (AvgIpc) is 2.53. The molecule has 1 aromatic rings. The smallest absolute Gasteiger partial charge is 0.119 e. The Labute approximate surface area is 122 Å². The Morgan fingerprint density at radius 3 is 2.40 bits per heavy atom. The van der Waals surface area contributed by atoms with Crippen LogP contribution in [-0.4, -0.2) is 18.3 Å². The molecule has 3 heteroatoms. The summed E-state index contributed by atoms with van der Waals surface area (Å²) in [6.07, 6.45) is 6.20. The summed E-state index contributed by atoms with van der Waals surface area (Å²) in [6, 6.07) is 7.84. The second-order valence-electron chi connectivity index (χ2n) is 5.95. The molecule has 2 rings (SSSR count). The van der Waals surface area contributed by atoms with Crippen molar-refractivity contribution in [3.63, 3.8) is 0 Å². The van der Waals surface area contributed by atoms with Crippen molar-refractivity contribution in [2.45, 2.75) is 51.6 Å². The summed E-state index contributed by atoms with van der Waals surface area (Å²) in [4.78, 5) is 0. The second kappa shape index (κ2) is 7.09. The van der Waals surface area contributed by atoms with Gasteiger partial charge in [-0.05, 0) is 37.0 Å². The molecule has 1 saturated carbocycles. The minimum absolute atomic E-state index is 0.135. The summed E-state index contributed by atoms with van der Waals surface area (Å²) in [6.45, 7) is 3.38. The number of nitrogens with two attached hydrogens (primary N) is 1. The van der Waals surface area contributed by atoms with Gasteiger partial charge in [-0.25, -0.2) is 0 Å². The predicted molar refractivity (Wildman–Crippen MR) is 81.8 cm³/mol. The lowest BCUT2D eigenvalue weighted by molar-refractivity contribution is 0.000669. The van der Waals surface area contributed by atoms with Gasteiger partial charge in [-0.3, -0.25) is 0 Å². The molecule has 3 nitrogen and oxygen atoms in total. The van der Waals surface area contributed by atoms with E-state index in [0.29, 0.717) is 6.54 Å². The summed E-state index contributed by atoms with van der Waals surface area (Å²) < 4.78 is 5.58. The van der Waals surface area contributed by atoms with E-state index >= 15 is 0 Å². The average molecular weight is 277 g/mol. The van der Waals surface area contributed by atoms with E-state index in [1.165, 1.54) is 19.3 Å². The zero-order chi connectivity index (χ0) is 14.4. The van der Waals surface area contributed by atoms with Crippen molar-refractivity contribution >= 4 is 0 Å². The van der Waals surface area contributed by atoms with Crippen molar-refractivity contribution in [1.82, 2.24) is 0 Å². The van der Waals surface area contributed by atoms with E-state index in [1.807, 2.05) is 24.3 Å². The molecule has 0 saturated heterocycles. The summed E-state index contributed by atoms with van der Waals surface area (Å²) in [5.41, 5.74) is 6.81. The minimum Gasteiger partial charge on any atom is -0.494 e. The van der Waals surface area contributed by atoms with Crippen LogP contribution in [0.3, 0.4) is 0 Å². The Morgan fingerprint density at radius 1 is 1.20 bits per heavy atom. The summed E-state index contributed by atoms with van der Waals surface area (Å²) in [5, 5.41) is 10.7. The van der Waals surface area contributed by atoms with Crippen LogP contribution in [0.5, 0.6) is 5.75 Å². The van der Waals surface area contributed by atoms with Gasteiger partial charge >= 0.3 is 0 Å². The van der Waals surface area contributed by atoms with Gasteiger partial charge in [0.2, 0.25) is 0 Å². The highest BCUT2D eigenvalue weighted by Crippen LogP contribution is 2.45. The lowest BCUT2D eigenvalue weighted by atomic mass is 9.68. The molecule has 1 aromatic carbocycles. The maximum absolute atomic E-state index is 10.7. The van der Waals surface area contributed by atoms with Crippen LogP contribution in [-0.2, 0) is 0 Å². The van der Waals surface area contributed by atoms with Gasteiger partial charge in [0.15, 0.2) is 0 Å². The van der Waals surface area contributed by atoms with Gasteiger partial charge in [-0.15, -0.1) is 0 Å². The Morgan fingerprint density at radius 2 is 1.85 bits per heavy atom. The first-order valence-corrected chi connectivity index (χ1v) is 7.83. The molecular formula is C17H27NO2. The van der Waals surface area contributed by atoms with Crippen LogP contribution >= 0.6 is 0 Å². The van der Waals surface area contributed by atoms with Gasteiger partial charge in [0.1, 0.15) is 5.75 Å². The third-order valence-electron chi connectivity index (χ3n) is 4.50. The second-order valence-corrected chi connectivity index (χ2v) is 5.95. The molecule has 1 aliphatic rings. The molecule has 112 valence electrons. The molecule has 0 bridgehead atoms. The maximum Gasteiger partial charge on any atom is 0.119 e. The van der Waals surface area contributed by atoms with Gasteiger partial charge < -0.3 is 15.6 Å². The van der Waals surface area contributed by atoms with E-state index in [4.69, 9.17) is 10.5 Å². The van der Waals surface area contributed by atoms with E-state index in [2.05, 4.69) is 6.92 Å². The van der Waals surface area contributed by atoms with Crippen LogP contribution in [0.15, 0.2) is 24.3 Å². The van der Waals surface area contributed by atoms with Gasteiger partial charge in [0, 0.05) is 12.0 Å². The van der Waals surface area contributed by atoms with Crippen molar-refractivity contribution in [2.24, 2.45) is 11.1 Å². The monoisotopic (exact) mass is 277 g/mol. The topological polar surface area (TPSA) is 55.5 Å². The fraction of sp³-hybridized carbons (Fsp3) is 0.647. The lowest BCUT2D eigenvalue weighted by Gasteiger charge is -2.40. The van der Waals surface area contributed by atoms with Crippen LogP contribution in [0.25, 0.3) is 0 Å². The molecule has 3 N–H and O–H groups in total.